The van der Waals surface area contributed by atoms with Gasteiger partial charge in [0.15, 0.2) is 0 Å². The standard InChI is InChI=1S/C16H13BN2O2/c20-17(21)14-10-12(15-5-1-3-7-18-15)9-13(11-14)16-6-2-4-8-19-16/h1-11,20-21H. The largest absolute Gasteiger partial charge is 0.488 e. The second kappa shape index (κ2) is 5.87. The number of nitrogens with zero attached hydrogens (tertiary/aromatic N) is 2. The zero-order chi connectivity index (χ0) is 14.7. The van der Waals surface area contributed by atoms with E-state index < -0.39 is 7.12 Å². The Morgan fingerprint density at radius 2 is 1.24 bits per heavy atom. The van der Waals surface area contributed by atoms with Gasteiger partial charge in [-0.2, -0.15) is 0 Å². The van der Waals surface area contributed by atoms with Gasteiger partial charge in [-0.05, 0) is 35.8 Å². The third-order valence-electron chi connectivity index (χ3n) is 3.17. The fourth-order valence-corrected chi connectivity index (χ4v) is 2.16. The zero-order valence-corrected chi connectivity index (χ0v) is 11.2. The van der Waals surface area contributed by atoms with E-state index in [0.717, 1.165) is 22.5 Å². The van der Waals surface area contributed by atoms with Crippen LogP contribution >= 0.6 is 0 Å². The number of aromatic nitrogens is 2. The van der Waals surface area contributed by atoms with Crippen LogP contribution in [0, 0.1) is 0 Å². The monoisotopic (exact) mass is 276 g/mol. The first-order valence-electron chi connectivity index (χ1n) is 6.58. The highest BCUT2D eigenvalue weighted by atomic mass is 16.4. The third-order valence-corrected chi connectivity index (χ3v) is 3.17. The number of pyridine rings is 2. The van der Waals surface area contributed by atoms with Gasteiger partial charge in [0.2, 0.25) is 0 Å². The van der Waals surface area contributed by atoms with E-state index in [2.05, 4.69) is 9.97 Å². The van der Waals surface area contributed by atoms with Crippen LogP contribution in [0.1, 0.15) is 0 Å². The zero-order valence-electron chi connectivity index (χ0n) is 11.2. The molecule has 3 rings (SSSR count). The summed E-state index contributed by atoms with van der Waals surface area (Å²) in [5.74, 6) is 0. The molecular formula is C16H13BN2O2. The Hall–Kier alpha value is -2.50. The summed E-state index contributed by atoms with van der Waals surface area (Å²) < 4.78 is 0. The quantitative estimate of drug-likeness (QED) is 0.711. The van der Waals surface area contributed by atoms with E-state index in [1.165, 1.54) is 0 Å². The Morgan fingerprint density at radius 3 is 1.62 bits per heavy atom. The normalized spacial score (nSPS) is 10.4. The Bertz CT molecular complexity index is 676. The van der Waals surface area contributed by atoms with E-state index in [9.17, 15) is 10.0 Å². The maximum Gasteiger partial charge on any atom is 0.488 e. The van der Waals surface area contributed by atoms with Crippen molar-refractivity contribution in [2.24, 2.45) is 0 Å². The molecule has 2 heterocycles. The molecule has 0 fully saturated rings. The highest BCUT2D eigenvalue weighted by Gasteiger charge is 2.15. The number of hydrogen-bond donors (Lipinski definition) is 2. The van der Waals surface area contributed by atoms with Gasteiger partial charge < -0.3 is 10.0 Å². The Kier molecular flexibility index (Phi) is 3.77. The second-order valence-electron chi connectivity index (χ2n) is 4.65. The molecule has 0 amide bonds. The van der Waals surface area contributed by atoms with E-state index >= 15 is 0 Å². The molecule has 0 saturated carbocycles. The molecular weight excluding hydrogens is 263 g/mol. The van der Waals surface area contributed by atoms with E-state index in [1.807, 2.05) is 42.5 Å². The van der Waals surface area contributed by atoms with Crippen molar-refractivity contribution in [3.63, 3.8) is 0 Å². The minimum atomic E-state index is -1.53. The van der Waals surface area contributed by atoms with E-state index in [-0.39, 0.29) is 0 Å². The lowest BCUT2D eigenvalue weighted by atomic mass is 9.78. The summed E-state index contributed by atoms with van der Waals surface area (Å²) in [7, 11) is -1.53. The van der Waals surface area contributed by atoms with Gasteiger partial charge >= 0.3 is 7.12 Å². The van der Waals surface area contributed by atoms with Crippen molar-refractivity contribution in [2.45, 2.75) is 0 Å². The van der Waals surface area contributed by atoms with Crippen LogP contribution in [0.5, 0.6) is 0 Å². The minimum absolute atomic E-state index is 0.416. The van der Waals surface area contributed by atoms with Gasteiger partial charge in [-0.25, -0.2) is 0 Å². The molecule has 0 radical (unpaired) electrons. The third kappa shape index (κ3) is 2.99. The maximum atomic E-state index is 9.48. The van der Waals surface area contributed by atoms with Crippen LogP contribution in [0.4, 0.5) is 0 Å². The molecule has 0 aliphatic carbocycles. The molecule has 5 heteroatoms. The Morgan fingerprint density at radius 1 is 0.714 bits per heavy atom. The van der Waals surface area contributed by atoms with Crippen molar-refractivity contribution in [3.05, 3.63) is 67.0 Å². The topological polar surface area (TPSA) is 66.2 Å². The van der Waals surface area contributed by atoms with Crippen LogP contribution in [0.15, 0.2) is 67.0 Å². The summed E-state index contributed by atoms with van der Waals surface area (Å²) in [5, 5.41) is 19.0. The van der Waals surface area contributed by atoms with Crippen LogP contribution in [-0.2, 0) is 0 Å². The smallest absolute Gasteiger partial charge is 0.423 e. The number of rotatable bonds is 3. The maximum absolute atomic E-state index is 9.48. The highest BCUT2D eigenvalue weighted by Crippen LogP contribution is 2.23. The fourth-order valence-electron chi connectivity index (χ4n) is 2.16. The second-order valence-corrected chi connectivity index (χ2v) is 4.65. The van der Waals surface area contributed by atoms with Crippen LogP contribution in [0.25, 0.3) is 22.5 Å². The van der Waals surface area contributed by atoms with Crippen LogP contribution < -0.4 is 5.46 Å². The van der Waals surface area contributed by atoms with Crippen molar-refractivity contribution in [1.82, 2.24) is 9.97 Å². The molecule has 4 nitrogen and oxygen atoms in total. The summed E-state index contributed by atoms with van der Waals surface area (Å²) in [5.41, 5.74) is 3.61. The SMILES string of the molecule is OB(O)c1cc(-c2ccccn2)cc(-c2ccccn2)c1. The van der Waals surface area contributed by atoms with Gasteiger partial charge in [0.05, 0.1) is 11.4 Å². The summed E-state index contributed by atoms with van der Waals surface area (Å²) in [6.07, 6.45) is 3.41. The van der Waals surface area contributed by atoms with E-state index in [4.69, 9.17) is 0 Å². The van der Waals surface area contributed by atoms with Crippen molar-refractivity contribution in [3.8, 4) is 22.5 Å². The fraction of sp³-hybridized carbons (Fsp3) is 0. The van der Waals surface area contributed by atoms with Crippen LogP contribution in [0.3, 0.4) is 0 Å². The van der Waals surface area contributed by atoms with Crippen molar-refractivity contribution in [1.29, 1.82) is 0 Å². The van der Waals surface area contributed by atoms with Crippen molar-refractivity contribution >= 4 is 12.6 Å². The highest BCUT2D eigenvalue weighted by molar-refractivity contribution is 6.58. The van der Waals surface area contributed by atoms with Gasteiger partial charge in [-0.15, -0.1) is 0 Å². The van der Waals surface area contributed by atoms with Crippen molar-refractivity contribution in [2.75, 3.05) is 0 Å². The number of benzene rings is 1. The minimum Gasteiger partial charge on any atom is -0.423 e. The first-order valence-corrected chi connectivity index (χ1v) is 6.58. The van der Waals surface area contributed by atoms with Crippen molar-refractivity contribution < 1.29 is 10.0 Å². The Balaban J connectivity index is 2.16. The lowest BCUT2D eigenvalue weighted by Crippen LogP contribution is -2.30. The van der Waals surface area contributed by atoms with Gasteiger partial charge in [0.1, 0.15) is 0 Å². The molecule has 2 N–H and O–H groups in total. The summed E-state index contributed by atoms with van der Waals surface area (Å²) >= 11 is 0. The number of hydrogen-bond acceptors (Lipinski definition) is 4. The summed E-state index contributed by atoms with van der Waals surface area (Å²) in [6, 6.07) is 16.6. The predicted octanol–water partition coefficient (Wildman–Crippen LogP) is 1.49. The first kappa shape index (κ1) is 13.5. The van der Waals surface area contributed by atoms with E-state index in [0.29, 0.717) is 5.46 Å². The molecule has 0 atom stereocenters. The van der Waals surface area contributed by atoms with Gasteiger partial charge in [0, 0.05) is 23.5 Å². The molecule has 0 spiro atoms. The first-order chi connectivity index (χ1) is 10.2. The molecule has 1 aromatic carbocycles. The van der Waals surface area contributed by atoms with Gasteiger partial charge in [-0.3, -0.25) is 9.97 Å². The average Bonchev–Trinajstić information content (AvgIpc) is 2.56. The van der Waals surface area contributed by atoms with Gasteiger partial charge in [0.25, 0.3) is 0 Å². The molecule has 2 aromatic heterocycles. The predicted molar refractivity (Wildman–Crippen MR) is 82.7 cm³/mol. The Labute approximate surface area is 122 Å². The molecule has 0 aliphatic rings. The molecule has 0 unspecified atom stereocenters. The van der Waals surface area contributed by atoms with Gasteiger partial charge in [-0.1, -0.05) is 24.3 Å². The average molecular weight is 276 g/mol. The molecule has 0 aliphatic heterocycles. The summed E-state index contributed by atoms with van der Waals surface area (Å²) in [6.45, 7) is 0. The lowest BCUT2D eigenvalue weighted by Gasteiger charge is -2.09. The van der Waals surface area contributed by atoms with Crippen LogP contribution in [0.2, 0.25) is 0 Å². The molecule has 3 aromatic rings. The molecule has 102 valence electrons. The van der Waals surface area contributed by atoms with E-state index in [1.54, 1.807) is 24.5 Å². The van der Waals surface area contributed by atoms with Crippen LogP contribution in [-0.4, -0.2) is 27.1 Å². The molecule has 21 heavy (non-hydrogen) atoms. The summed E-state index contributed by atoms with van der Waals surface area (Å²) in [4.78, 5) is 8.60. The molecule has 0 bridgehead atoms. The molecule has 0 saturated heterocycles. The lowest BCUT2D eigenvalue weighted by molar-refractivity contribution is 0.426.